The van der Waals surface area contributed by atoms with Gasteiger partial charge in [0, 0.05) is 31.8 Å². The number of piperidine rings is 1. The van der Waals surface area contributed by atoms with Crippen LogP contribution in [0.4, 0.5) is 11.5 Å². The van der Waals surface area contributed by atoms with Crippen LogP contribution in [0.3, 0.4) is 0 Å². The largest absolute Gasteiger partial charge is 0.481 e. The molecule has 1 aromatic heterocycles. The Bertz CT molecular complexity index is 484. The van der Waals surface area contributed by atoms with Crippen LogP contribution in [-0.4, -0.2) is 34.1 Å². The van der Waals surface area contributed by atoms with Crippen LogP contribution in [0.1, 0.15) is 19.3 Å². The van der Waals surface area contributed by atoms with E-state index in [4.69, 9.17) is 5.11 Å². The zero-order chi connectivity index (χ0) is 13.8. The average molecular weight is 265 g/mol. The van der Waals surface area contributed by atoms with Crippen molar-refractivity contribution >= 4 is 17.5 Å². The second-order valence-electron chi connectivity index (χ2n) is 4.66. The second kappa shape index (κ2) is 5.64. The van der Waals surface area contributed by atoms with Gasteiger partial charge in [-0.2, -0.15) is 0 Å². The van der Waals surface area contributed by atoms with Crippen molar-refractivity contribution in [1.29, 1.82) is 0 Å². The minimum Gasteiger partial charge on any atom is -0.481 e. The van der Waals surface area contributed by atoms with Crippen molar-refractivity contribution in [3.63, 3.8) is 0 Å². The lowest BCUT2D eigenvalue weighted by Gasteiger charge is -2.32. The molecule has 7 heteroatoms. The summed E-state index contributed by atoms with van der Waals surface area (Å²) in [5, 5.41) is 19.4. The quantitative estimate of drug-likeness (QED) is 0.657. The number of hydrogen-bond donors (Lipinski definition) is 1. The van der Waals surface area contributed by atoms with E-state index >= 15 is 0 Å². The molecule has 0 atom stereocenters. The van der Waals surface area contributed by atoms with E-state index in [1.54, 1.807) is 0 Å². The molecule has 1 fully saturated rings. The molecule has 0 bridgehead atoms. The summed E-state index contributed by atoms with van der Waals surface area (Å²) >= 11 is 0. The van der Waals surface area contributed by atoms with Crippen molar-refractivity contribution in [1.82, 2.24) is 4.98 Å². The first-order valence-electron chi connectivity index (χ1n) is 6.13. The maximum absolute atomic E-state index is 10.7. The monoisotopic (exact) mass is 265 g/mol. The van der Waals surface area contributed by atoms with Gasteiger partial charge in [-0.3, -0.25) is 14.9 Å². The summed E-state index contributed by atoms with van der Waals surface area (Å²) in [7, 11) is 0. The Labute approximate surface area is 110 Å². The van der Waals surface area contributed by atoms with Gasteiger partial charge in [0.2, 0.25) is 0 Å². The molecule has 0 aliphatic carbocycles. The van der Waals surface area contributed by atoms with Gasteiger partial charge in [-0.1, -0.05) is 0 Å². The smallest absolute Gasteiger partial charge is 0.303 e. The summed E-state index contributed by atoms with van der Waals surface area (Å²) in [6, 6.07) is 2.82. The zero-order valence-corrected chi connectivity index (χ0v) is 10.4. The molecular weight excluding hydrogens is 250 g/mol. The maximum Gasteiger partial charge on any atom is 0.303 e. The van der Waals surface area contributed by atoms with E-state index in [0.29, 0.717) is 18.9 Å². The fourth-order valence-electron chi connectivity index (χ4n) is 2.31. The van der Waals surface area contributed by atoms with Crippen LogP contribution in [0.5, 0.6) is 0 Å². The van der Waals surface area contributed by atoms with Crippen LogP contribution in [0.2, 0.25) is 0 Å². The van der Waals surface area contributed by atoms with Crippen molar-refractivity contribution in [2.24, 2.45) is 5.92 Å². The molecule has 0 saturated carbocycles. The Kier molecular flexibility index (Phi) is 3.94. The number of carboxylic acids is 1. The fourth-order valence-corrected chi connectivity index (χ4v) is 2.31. The van der Waals surface area contributed by atoms with Crippen molar-refractivity contribution < 1.29 is 14.8 Å². The average Bonchev–Trinajstić information content (AvgIpc) is 2.39. The first-order chi connectivity index (χ1) is 9.06. The number of aromatic nitrogens is 1. The molecule has 0 aromatic carbocycles. The molecular formula is C12H15N3O4. The highest BCUT2D eigenvalue weighted by atomic mass is 16.6. The predicted molar refractivity (Wildman–Crippen MR) is 68.1 cm³/mol. The summed E-state index contributed by atoms with van der Waals surface area (Å²) < 4.78 is 0. The predicted octanol–water partition coefficient (Wildman–Crippen LogP) is 1.68. The van der Waals surface area contributed by atoms with Gasteiger partial charge in [-0.05, 0) is 18.8 Å². The molecule has 1 N–H and O–H groups in total. The third-order valence-corrected chi connectivity index (χ3v) is 3.34. The van der Waals surface area contributed by atoms with Gasteiger partial charge < -0.3 is 10.0 Å². The van der Waals surface area contributed by atoms with E-state index in [1.165, 1.54) is 18.3 Å². The number of carbonyl (C=O) groups is 1. The molecule has 1 aliphatic heterocycles. The van der Waals surface area contributed by atoms with Gasteiger partial charge in [0.05, 0.1) is 11.0 Å². The van der Waals surface area contributed by atoms with Crippen molar-refractivity contribution in [3.8, 4) is 0 Å². The Morgan fingerprint density at radius 1 is 1.53 bits per heavy atom. The first-order valence-corrected chi connectivity index (χ1v) is 6.13. The number of anilines is 1. The van der Waals surface area contributed by atoms with E-state index in [0.717, 1.165) is 12.8 Å². The lowest BCUT2D eigenvalue weighted by atomic mass is 9.94. The van der Waals surface area contributed by atoms with Crippen LogP contribution in [0, 0.1) is 16.0 Å². The Morgan fingerprint density at radius 3 is 2.79 bits per heavy atom. The standard InChI is InChI=1S/C12H15N3O4/c16-12(17)7-9-2-5-14(6-3-9)11-8-10(15(18)19)1-4-13-11/h1,4,8-9H,2-3,5-7H2,(H,16,17). The third kappa shape index (κ3) is 3.40. The lowest BCUT2D eigenvalue weighted by molar-refractivity contribution is -0.384. The summed E-state index contributed by atoms with van der Waals surface area (Å²) in [5.74, 6) is 0.00217. The van der Waals surface area contributed by atoms with Crippen molar-refractivity contribution in [3.05, 3.63) is 28.4 Å². The van der Waals surface area contributed by atoms with Crippen LogP contribution < -0.4 is 4.90 Å². The van der Waals surface area contributed by atoms with Crippen LogP contribution in [0.15, 0.2) is 18.3 Å². The molecule has 2 heterocycles. The van der Waals surface area contributed by atoms with Crippen LogP contribution in [0.25, 0.3) is 0 Å². The van der Waals surface area contributed by atoms with Gasteiger partial charge >= 0.3 is 5.97 Å². The lowest BCUT2D eigenvalue weighted by Crippen LogP contribution is -2.34. The van der Waals surface area contributed by atoms with Gasteiger partial charge in [0.1, 0.15) is 5.82 Å². The molecule has 0 spiro atoms. The molecule has 0 radical (unpaired) electrons. The fraction of sp³-hybridized carbons (Fsp3) is 0.500. The van der Waals surface area contributed by atoms with E-state index < -0.39 is 10.9 Å². The number of carboxylic acid groups (broad SMARTS) is 1. The molecule has 0 unspecified atom stereocenters. The van der Waals surface area contributed by atoms with Gasteiger partial charge in [-0.15, -0.1) is 0 Å². The van der Waals surface area contributed by atoms with E-state index in [9.17, 15) is 14.9 Å². The Balaban J connectivity index is 1.99. The van der Waals surface area contributed by atoms with Gasteiger partial charge in [-0.25, -0.2) is 4.98 Å². The minimum atomic E-state index is -0.771. The Hall–Kier alpha value is -2.18. The van der Waals surface area contributed by atoms with Crippen molar-refractivity contribution in [2.75, 3.05) is 18.0 Å². The second-order valence-corrected chi connectivity index (χ2v) is 4.66. The summed E-state index contributed by atoms with van der Waals surface area (Å²) in [6.45, 7) is 1.37. The molecule has 1 saturated heterocycles. The molecule has 19 heavy (non-hydrogen) atoms. The minimum absolute atomic E-state index is 0.0256. The van der Waals surface area contributed by atoms with Crippen LogP contribution >= 0.6 is 0 Å². The number of aliphatic carboxylic acids is 1. The summed E-state index contributed by atoms with van der Waals surface area (Å²) in [5.41, 5.74) is 0.0256. The number of rotatable bonds is 4. The number of nitrogens with zero attached hydrogens (tertiary/aromatic N) is 3. The highest BCUT2D eigenvalue weighted by molar-refractivity contribution is 5.67. The maximum atomic E-state index is 10.7. The highest BCUT2D eigenvalue weighted by Gasteiger charge is 2.22. The number of pyridine rings is 1. The molecule has 102 valence electrons. The molecule has 1 aliphatic rings. The third-order valence-electron chi connectivity index (χ3n) is 3.34. The number of nitro groups is 1. The van der Waals surface area contributed by atoms with Crippen molar-refractivity contribution in [2.45, 2.75) is 19.3 Å². The van der Waals surface area contributed by atoms with Gasteiger partial charge in [0.25, 0.3) is 5.69 Å². The zero-order valence-electron chi connectivity index (χ0n) is 10.4. The molecule has 1 aromatic rings. The summed E-state index contributed by atoms with van der Waals surface area (Å²) in [6.07, 6.45) is 3.17. The first kappa shape index (κ1) is 13.3. The van der Waals surface area contributed by atoms with Crippen LogP contribution in [-0.2, 0) is 4.79 Å². The summed E-state index contributed by atoms with van der Waals surface area (Å²) in [4.78, 5) is 27.0. The topological polar surface area (TPSA) is 96.6 Å². The van der Waals surface area contributed by atoms with E-state index in [1.807, 2.05) is 4.90 Å². The molecule has 2 rings (SSSR count). The van der Waals surface area contributed by atoms with E-state index in [2.05, 4.69) is 4.98 Å². The SMILES string of the molecule is O=C(O)CC1CCN(c2cc([N+](=O)[O-])ccn2)CC1. The molecule has 7 nitrogen and oxygen atoms in total. The van der Waals surface area contributed by atoms with E-state index in [-0.39, 0.29) is 18.0 Å². The molecule has 0 amide bonds. The van der Waals surface area contributed by atoms with Gasteiger partial charge in [0.15, 0.2) is 0 Å². The number of hydrogen-bond acceptors (Lipinski definition) is 5. The highest BCUT2D eigenvalue weighted by Crippen LogP contribution is 2.25. The Morgan fingerprint density at radius 2 is 2.21 bits per heavy atom. The normalized spacial score (nSPS) is 16.3.